The van der Waals surface area contributed by atoms with Crippen LogP contribution >= 0.6 is 23.2 Å². The maximum atomic E-state index is 6.04. The van der Waals surface area contributed by atoms with Gasteiger partial charge in [-0.05, 0) is 24.6 Å². The molecule has 0 fully saturated rings. The first-order valence-electron chi connectivity index (χ1n) is 5.93. The minimum absolute atomic E-state index is 0.720. The molecular weight excluding hydrogens is 241 g/mol. The Bertz CT molecular complexity index is 313. The van der Waals surface area contributed by atoms with Crippen LogP contribution < -0.4 is 5.32 Å². The van der Waals surface area contributed by atoms with Crippen molar-refractivity contribution in [1.82, 2.24) is 0 Å². The van der Waals surface area contributed by atoms with E-state index in [0.29, 0.717) is 0 Å². The van der Waals surface area contributed by atoms with Crippen LogP contribution in [0.1, 0.15) is 39.0 Å². The molecule has 0 bridgehead atoms. The Balaban J connectivity index is 2.23. The van der Waals surface area contributed by atoms with Crippen LogP contribution in [0.2, 0.25) is 10.0 Å². The SMILES string of the molecule is CCCCCCCNc1cc(Cl)ccc1Cl. The van der Waals surface area contributed by atoms with Crippen LogP contribution in [0.3, 0.4) is 0 Å². The highest BCUT2D eigenvalue weighted by molar-refractivity contribution is 6.35. The Labute approximate surface area is 108 Å². The molecule has 1 aromatic rings. The summed E-state index contributed by atoms with van der Waals surface area (Å²) < 4.78 is 0. The minimum atomic E-state index is 0.720. The van der Waals surface area contributed by atoms with E-state index in [2.05, 4.69) is 12.2 Å². The molecule has 0 saturated heterocycles. The van der Waals surface area contributed by atoms with Crippen molar-refractivity contribution in [3.8, 4) is 0 Å². The number of halogens is 2. The molecule has 0 spiro atoms. The quantitative estimate of drug-likeness (QED) is 0.649. The number of rotatable bonds is 7. The first-order chi connectivity index (χ1) is 7.74. The summed E-state index contributed by atoms with van der Waals surface area (Å²) in [6.07, 6.45) is 6.40. The standard InChI is InChI=1S/C13H19Cl2N/c1-2-3-4-5-6-9-16-13-10-11(14)7-8-12(13)15/h7-8,10,16H,2-6,9H2,1H3. The van der Waals surface area contributed by atoms with Gasteiger partial charge in [-0.25, -0.2) is 0 Å². The fourth-order valence-electron chi connectivity index (χ4n) is 1.58. The summed E-state index contributed by atoms with van der Waals surface area (Å²) in [4.78, 5) is 0. The highest BCUT2D eigenvalue weighted by atomic mass is 35.5. The van der Waals surface area contributed by atoms with Crippen LogP contribution in [0.4, 0.5) is 5.69 Å². The molecule has 0 aliphatic carbocycles. The Hall–Kier alpha value is -0.400. The molecule has 0 radical (unpaired) electrons. The molecule has 1 nitrogen and oxygen atoms in total. The number of hydrogen-bond donors (Lipinski definition) is 1. The van der Waals surface area contributed by atoms with Gasteiger partial charge in [0.1, 0.15) is 0 Å². The Morgan fingerprint density at radius 2 is 1.81 bits per heavy atom. The highest BCUT2D eigenvalue weighted by Gasteiger charge is 1.99. The van der Waals surface area contributed by atoms with E-state index in [1.165, 1.54) is 32.1 Å². The molecule has 0 amide bonds. The van der Waals surface area contributed by atoms with Gasteiger partial charge in [-0.15, -0.1) is 0 Å². The third-order valence-corrected chi connectivity index (χ3v) is 3.09. The lowest BCUT2D eigenvalue weighted by Gasteiger charge is -2.08. The molecule has 1 rings (SSSR count). The van der Waals surface area contributed by atoms with Crippen molar-refractivity contribution >= 4 is 28.9 Å². The molecule has 0 aromatic heterocycles. The van der Waals surface area contributed by atoms with Crippen molar-refractivity contribution in [1.29, 1.82) is 0 Å². The van der Waals surface area contributed by atoms with Gasteiger partial charge in [0, 0.05) is 11.6 Å². The summed E-state index contributed by atoms with van der Waals surface area (Å²) in [5, 5.41) is 4.77. The van der Waals surface area contributed by atoms with E-state index < -0.39 is 0 Å². The van der Waals surface area contributed by atoms with E-state index in [9.17, 15) is 0 Å². The van der Waals surface area contributed by atoms with Gasteiger partial charge in [-0.2, -0.15) is 0 Å². The van der Waals surface area contributed by atoms with Crippen LogP contribution in [0.15, 0.2) is 18.2 Å². The van der Waals surface area contributed by atoms with Gasteiger partial charge in [0.25, 0.3) is 0 Å². The van der Waals surface area contributed by atoms with E-state index in [0.717, 1.165) is 22.3 Å². The van der Waals surface area contributed by atoms with Gasteiger partial charge >= 0.3 is 0 Å². The maximum Gasteiger partial charge on any atom is 0.0638 e. The zero-order valence-electron chi connectivity index (χ0n) is 9.73. The van der Waals surface area contributed by atoms with Crippen molar-refractivity contribution in [3.05, 3.63) is 28.2 Å². The fourth-order valence-corrected chi connectivity index (χ4v) is 1.94. The second-order valence-electron chi connectivity index (χ2n) is 3.97. The second-order valence-corrected chi connectivity index (χ2v) is 4.81. The zero-order chi connectivity index (χ0) is 11.8. The molecule has 1 aromatic carbocycles. The lowest BCUT2D eigenvalue weighted by molar-refractivity contribution is 0.645. The molecule has 0 unspecified atom stereocenters. The van der Waals surface area contributed by atoms with Crippen LogP contribution in [0, 0.1) is 0 Å². The van der Waals surface area contributed by atoms with Gasteiger partial charge in [-0.3, -0.25) is 0 Å². The van der Waals surface area contributed by atoms with Gasteiger partial charge in [0.15, 0.2) is 0 Å². The molecule has 0 heterocycles. The summed E-state index contributed by atoms with van der Waals surface area (Å²) in [5.74, 6) is 0. The third-order valence-electron chi connectivity index (χ3n) is 2.52. The molecule has 3 heteroatoms. The fraction of sp³-hybridized carbons (Fsp3) is 0.538. The number of unbranched alkanes of at least 4 members (excludes halogenated alkanes) is 4. The molecular formula is C13H19Cl2N. The highest BCUT2D eigenvalue weighted by Crippen LogP contribution is 2.25. The number of hydrogen-bond acceptors (Lipinski definition) is 1. The largest absolute Gasteiger partial charge is 0.384 e. The van der Waals surface area contributed by atoms with Gasteiger partial charge in [0.05, 0.1) is 10.7 Å². The number of anilines is 1. The van der Waals surface area contributed by atoms with Crippen molar-refractivity contribution in [3.63, 3.8) is 0 Å². The lowest BCUT2D eigenvalue weighted by Crippen LogP contribution is -2.01. The van der Waals surface area contributed by atoms with Crippen LogP contribution in [0.25, 0.3) is 0 Å². The summed E-state index contributed by atoms with van der Waals surface area (Å²) >= 11 is 11.9. The first kappa shape index (κ1) is 13.7. The lowest BCUT2D eigenvalue weighted by atomic mass is 10.1. The predicted molar refractivity (Wildman–Crippen MR) is 73.7 cm³/mol. The van der Waals surface area contributed by atoms with Gasteiger partial charge in [0.2, 0.25) is 0 Å². The normalized spacial score (nSPS) is 10.4. The van der Waals surface area contributed by atoms with E-state index in [-0.39, 0.29) is 0 Å². The smallest absolute Gasteiger partial charge is 0.0638 e. The second kappa shape index (κ2) is 7.81. The third kappa shape index (κ3) is 5.09. The molecule has 90 valence electrons. The molecule has 1 N–H and O–H groups in total. The monoisotopic (exact) mass is 259 g/mol. The molecule has 0 saturated carbocycles. The van der Waals surface area contributed by atoms with E-state index >= 15 is 0 Å². The molecule has 0 atom stereocenters. The number of nitrogens with one attached hydrogen (secondary N) is 1. The Kier molecular flexibility index (Phi) is 6.67. The van der Waals surface area contributed by atoms with Gasteiger partial charge < -0.3 is 5.32 Å². The Morgan fingerprint density at radius 1 is 1.06 bits per heavy atom. The van der Waals surface area contributed by atoms with Crippen molar-refractivity contribution < 1.29 is 0 Å². The van der Waals surface area contributed by atoms with Crippen molar-refractivity contribution in [2.45, 2.75) is 39.0 Å². The van der Waals surface area contributed by atoms with E-state index in [1.54, 1.807) is 6.07 Å². The van der Waals surface area contributed by atoms with Crippen LogP contribution in [-0.2, 0) is 0 Å². The van der Waals surface area contributed by atoms with Crippen molar-refractivity contribution in [2.75, 3.05) is 11.9 Å². The van der Waals surface area contributed by atoms with E-state index in [4.69, 9.17) is 23.2 Å². The summed E-state index contributed by atoms with van der Waals surface area (Å²) in [7, 11) is 0. The topological polar surface area (TPSA) is 12.0 Å². The maximum absolute atomic E-state index is 6.04. The average molecular weight is 260 g/mol. The average Bonchev–Trinajstić information content (AvgIpc) is 2.28. The molecule has 0 aliphatic heterocycles. The van der Waals surface area contributed by atoms with Gasteiger partial charge in [-0.1, -0.05) is 55.8 Å². The summed E-state index contributed by atoms with van der Waals surface area (Å²) in [6.45, 7) is 3.19. The van der Waals surface area contributed by atoms with Crippen molar-refractivity contribution in [2.24, 2.45) is 0 Å². The zero-order valence-corrected chi connectivity index (χ0v) is 11.2. The predicted octanol–water partition coefficient (Wildman–Crippen LogP) is 5.38. The summed E-state index contributed by atoms with van der Waals surface area (Å²) in [6, 6.07) is 5.50. The molecule has 16 heavy (non-hydrogen) atoms. The first-order valence-corrected chi connectivity index (χ1v) is 6.68. The van der Waals surface area contributed by atoms with Crippen LogP contribution in [-0.4, -0.2) is 6.54 Å². The molecule has 0 aliphatic rings. The number of benzene rings is 1. The Morgan fingerprint density at radius 3 is 2.56 bits per heavy atom. The summed E-state index contributed by atoms with van der Waals surface area (Å²) in [5.41, 5.74) is 0.935. The van der Waals surface area contributed by atoms with E-state index in [1.807, 2.05) is 12.1 Å². The van der Waals surface area contributed by atoms with Crippen LogP contribution in [0.5, 0.6) is 0 Å². The minimum Gasteiger partial charge on any atom is -0.384 e.